The van der Waals surface area contributed by atoms with Gasteiger partial charge in [0.25, 0.3) is 5.91 Å². The molecular weight excluding hydrogens is 270 g/mol. The molecule has 5 heteroatoms. The standard InChI is InChI=1S/C16H17NO4/c1-10(18)14(16(20)21-2)17-15(19)13-9-5-7-11-6-3-4-8-12(11)13/h3-10,14,18H,1-2H3,(H,17,19)/t10-,14+/m1/s1. The number of benzene rings is 2. The first-order valence-electron chi connectivity index (χ1n) is 6.59. The number of amides is 1. The summed E-state index contributed by atoms with van der Waals surface area (Å²) >= 11 is 0. The molecule has 0 spiro atoms. The highest BCUT2D eigenvalue weighted by Gasteiger charge is 2.27. The summed E-state index contributed by atoms with van der Waals surface area (Å²) in [5.74, 6) is -1.11. The van der Waals surface area contributed by atoms with Gasteiger partial charge in [0, 0.05) is 5.56 Å². The zero-order valence-corrected chi connectivity index (χ0v) is 11.9. The summed E-state index contributed by atoms with van der Waals surface area (Å²) in [6.45, 7) is 1.42. The van der Waals surface area contributed by atoms with E-state index in [0.29, 0.717) is 5.56 Å². The number of hydrogen-bond acceptors (Lipinski definition) is 4. The second kappa shape index (κ2) is 6.37. The zero-order chi connectivity index (χ0) is 15.4. The van der Waals surface area contributed by atoms with Gasteiger partial charge in [0.15, 0.2) is 6.04 Å². The Balaban J connectivity index is 2.32. The van der Waals surface area contributed by atoms with Gasteiger partial charge in [0.1, 0.15) is 0 Å². The van der Waals surface area contributed by atoms with Crippen LogP contribution in [0.15, 0.2) is 42.5 Å². The van der Waals surface area contributed by atoms with E-state index in [1.807, 2.05) is 30.3 Å². The lowest BCUT2D eigenvalue weighted by atomic mass is 10.0. The first-order chi connectivity index (χ1) is 10.0. The van der Waals surface area contributed by atoms with E-state index in [1.54, 1.807) is 12.1 Å². The highest BCUT2D eigenvalue weighted by atomic mass is 16.5. The smallest absolute Gasteiger partial charge is 0.331 e. The minimum Gasteiger partial charge on any atom is -0.467 e. The number of hydrogen-bond donors (Lipinski definition) is 2. The van der Waals surface area contributed by atoms with Crippen molar-refractivity contribution in [2.24, 2.45) is 0 Å². The van der Waals surface area contributed by atoms with Crippen LogP contribution in [0.5, 0.6) is 0 Å². The fourth-order valence-corrected chi connectivity index (χ4v) is 2.15. The van der Waals surface area contributed by atoms with Gasteiger partial charge in [-0.2, -0.15) is 0 Å². The van der Waals surface area contributed by atoms with Crippen molar-refractivity contribution in [3.63, 3.8) is 0 Å². The fraction of sp³-hybridized carbons (Fsp3) is 0.250. The number of carbonyl (C=O) groups is 2. The van der Waals surface area contributed by atoms with Crippen molar-refractivity contribution >= 4 is 22.6 Å². The van der Waals surface area contributed by atoms with Crippen molar-refractivity contribution < 1.29 is 19.4 Å². The summed E-state index contributed by atoms with van der Waals surface area (Å²) < 4.78 is 4.58. The summed E-state index contributed by atoms with van der Waals surface area (Å²) in [7, 11) is 1.21. The third kappa shape index (κ3) is 3.20. The predicted molar refractivity (Wildman–Crippen MR) is 78.9 cm³/mol. The second-order valence-corrected chi connectivity index (χ2v) is 4.74. The number of aliphatic hydroxyl groups excluding tert-OH is 1. The Morgan fingerprint density at radius 2 is 1.81 bits per heavy atom. The number of ether oxygens (including phenoxy) is 1. The number of nitrogens with one attached hydrogen (secondary N) is 1. The van der Waals surface area contributed by atoms with Crippen LogP contribution in [0.3, 0.4) is 0 Å². The van der Waals surface area contributed by atoms with Crippen molar-refractivity contribution in [3.8, 4) is 0 Å². The largest absolute Gasteiger partial charge is 0.467 e. The Labute approximate surface area is 122 Å². The molecule has 0 radical (unpaired) electrons. The van der Waals surface area contributed by atoms with Crippen LogP contribution in [0.25, 0.3) is 10.8 Å². The van der Waals surface area contributed by atoms with Crippen LogP contribution in [0, 0.1) is 0 Å². The molecule has 0 aliphatic carbocycles. The average Bonchev–Trinajstić information content (AvgIpc) is 2.50. The lowest BCUT2D eigenvalue weighted by molar-refractivity contribution is -0.145. The maximum Gasteiger partial charge on any atom is 0.331 e. The maximum absolute atomic E-state index is 12.4. The topological polar surface area (TPSA) is 75.6 Å². The van der Waals surface area contributed by atoms with Gasteiger partial charge < -0.3 is 15.2 Å². The molecule has 110 valence electrons. The lowest BCUT2D eigenvalue weighted by Crippen LogP contribution is -2.48. The third-order valence-electron chi connectivity index (χ3n) is 3.26. The molecular formula is C16H17NO4. The molecule has 0 bridgehead atoms. The Kier molecular flexibility index (Phi) is 4.55. The molecule has 2 aromatic carbocycles. The van der Waals surface area contributed by atoms with Crippen LogP contribution in [-0.2, 0) is 9.53 Å². The van der Waals surface area contributed by atoms with Crippen LogP contribution in [0.2, 0.25) is 0 Å². The first kappa shape index (κ1) is 15.0. The van der Waals surface area contributed by atoms with Gasteiger partial charge in [-0.3, -0.25) is 4.79 Å². The van der Waals surface area contributed by atoms with Crippen LogP contribution in [-0.4, -0.2) is 36.2 Å². The van der Waals surface area contributed by atoms with Gasteiger partial charge >= 0.3 is 5.97 Å². The quantitative estimate of drug-likeness (QED) is 0.835. The van der Waals surface area contributed by atoms with Crippen molar-refractivity contribution in [3.05, 3.63) is 48.0 Å². The number of fused-ring (bicyclic) bond motifs is 1. The SMILES string of the molecule is COC(=O)[C@@H](NC(=O)c1cccc2ccccc12)[C@@H](C)O. The van der Waals surface area contributed by atoms with Gasteiger partial charge in [-0.25, -0.2) is 4.79 Å². The van der Waals surface area contributed by atoms with E-state index in [4.69, 9.17) is 0 Å². The van der Waals surface area contributed by atoms with Gasteiger partial charge in [-0.1, -0.05) is 36.4 Å². The Morgan fingerprint density at radius 3 is 2.48 bits per heavy atom. The van der Waals surface area contributed by atoms with Crippen molar-refractivity contribution in [2.75, 3.05) is 7.11 Å². The van der Waals surface area contributed by atoms with E-state index in [1.165, 1.54) is 14.0 Å². The Hall–Kier alpha value is -2.40. The van der Waals surface area contributed by atoms with E-state index >= 15 is 0 Å². The minimum absolute atomic E-state index is 0.428. The summed E-state index contributed by atoms with van der Waals surface area (Å²) in [5.41, 5.74) is 0.447. The molecule has 2 aromatic rings. The molecule has 0 saturated heterocycles. The van der Waals surface area contributed by atoms with Crippen LogP contribution in [0.1, 0.15) is 17.3 Å². The van der Waals surface area contributed by atoms with Gasteiger partial charge in [-0.05, 0) is 23.8 Å². The number of rotatable bonds is 4. The highest BCUT2D eigenvalue weighted by molar-refractivity contribution is 6.08. The van der Waals surface area contributed by atoms with Crippen LogP contribution < -0.4 is 5.32 Å². The summed E-state index contributed by atoms with van der Waals surface area (Å²) in [6.07, 6.45) is -1.05. The molecule has 2 rings (SSSR count). The van der Waals surface area contributed by atoms with Crippen LogP contribution in [0.4, 0.5) is 0 Å². The normalized spacial score (nSPS) is 13.5. The van der Waals surface area contributed by atoms with E-state index in [9.17, 15) is 14.7 Å². The minimum atomic E-state index is -1.10. The molecule has 0 saturated carbocycles. The molecule has 2 atom stereocenters. The molecule has 0 heterocycles. The number of methoxy groups -OCH3 is 1. The van der Waals surface area contributed by atoms with E-state index in [2.05, 4.69) is 10.1 Å². The first-order valence-corrected chi connectivity index (χ1v) is 6.59. The maximum atomic E-state index is 12.4. The second-order valence-electron chi connectivity index (χ2n) is 4.74. The predicted octanol–water partition coefficient (Wildman–Crippen LogP) is 1.49. The van der Waals surface area contributed by atoms with Crippen molar-refractivity contribution in [1.29, 1.82) is 0 Å². The van der Waals surface area contributed by atoms with Crippen LogP contribution >= 0.6 is 0 Å². The van der Waals surface area contributed by atoms with E-state index in [-0.39, 0.29) is 0 Å². The van der Waals surface area contributed by atoms with Gasteiger partial charge in [0.2, 0.25) is 0 Å². The monoisotopic (exact) mass is 287 g/mol. The van der Waals surface area contributed by atoms with Crippen molar-refractivity contribution in [2.45, 2.75) is 19.1 Å². The Morgan fingerprint density at radius 1 is 1.14 bits per heavy atom. The lowest BCUT2D eigenvalue weighted by Gasteiger charge is -2.19. The molecule has 0 aromatic heterocycles. The number of carbonyl (C=O) groups excluding carboxylic acids is 2. The summed E-state index contributed by atoms with van der Waals surface area (Å²) in [5, 5.41) is 13.8. The van der Waals surface area contributed by atoms with E-state index < -0.39 is 24.0 Å². The molecule has 21 heavy (non-hydrogen) atoms. The molecule has 0 aliphatic heterocycles. The average molecular weight is 287 g/mol. The molecule has 5 nitrogen and oxygen atoms in total. The highest BCUT2D eigenvalue weighted by Crippen LogP contribution is 2.18. The number of esters is 1. The van der Waals surface area contributed by atoms with E-state index in [0.717, 1.165) is 10.8 Å². The molecule has 2 N–H and O–H groups in total. The molecule has 0 unspecified atom stereocenters. The van der Waals surface area contributed by atoms with Gasteiger partial charge in [0.05, 0.1) is 13.2 Å². The number of aliphatic hydroxyl groups is 1. The molecule has 0 fully saturated rings. The van der Waals surface area contributed by atoms with Gasteiger partial charge in [-0.15, -0.1) is 0 Å². The summed E-state index contributed by atoms with van der Waals surface area (Å²) in [4.78, 5) is 24.0. The Bertz CT molecular complexity index is 661. The van der Waals surface area contributed by atoms with Crippen molar-refractivity contribution in [1.82, 2.24) is 5.32 Å². The zero-order valence-electron chi connectivity index (χ0n) is 11.9. The fourth-order valence-electron chi connectivity index (χ4n) is 2.15. The summed E-state index contributed by atoms with van der Waals surface area (Å²) in [6, 6.07) is 11.7. The molecule has 1 amide bonds. The molecule has 0 aliphatic rings. The third-order valence-corrected chi connectivity index (χ3v) is 3.26.